The maximum Gasteiger partial charge on any atom is 0.307 e. The van der Waals surface area contributed by atoms with Crippen molar-refractivity contribution in [2.75, 3.05) is 13.2 Å². The molecule has 0 spiro atoms. The van der Waals surface area contributed by atoms with Crippen molar-refractivity contribution in [2.45, 2.75) is 65.0 Å². The number of hydrogen-bond donors (Lipinski definition) is 1. The number of ether oxygens (including phenoxy) is 1. The van der Waals surface area contributed by atoms with Crippen LogP contribution in [-0.2, 0) is 16.1 Å². The number of nitrogens with zero attached hydrogens (tertiary/aromatic N) is 4. The Morgan fingerprint density at radius 1 is 1.36 bits per heavy atom. The van der Waals surface area contributed by atoms with Crippen LogP contribution in [0.2, 0.25) is 0 Å². The topological polar surface area (TPSA) is 93.1 Å². The predicted octanol–water partition coefficient (Wildman–Crippen LogP) is 2.73. The average Bonchev–Trinajstić information content (AvgIpc) is 3.32. The standard InChI is InChI=1S/C20H29N5O3/c1-4-28-18(26)12-16-7-5-6-9-25(16)20(27)17-11-15(22-23-17)13-24-10-8-21-19(24)14(2)3/h8,10-11,14,16H,4-7,9,12-13H2,1-3H3,(H,22,23)/t16-/m1/s1. The second-order valence-electron chi connectivity index (χ2n) is 7.50. The number of aromatic amines is 1. The molecule has 8 nitrogen and oxygen atoms in total. The van der Waals surface area contributed by atoms with Gasteiger partial charge in [0.15, 0.2) is 0 Å². The van der Waals surface area contributed by atoms with E-state index in [1.54, 1.807) is 24.1 Å². The lowest BCUT2D eigenvalue weighted by Crippen LogP contribution is -2.45. The molecule has 1 N–H and O–H groups in total. The fourth-order valence-electron chi connectivity index (χ4n) is 3.73. The summed E-state index contributed by atoms with van der Waals surface area (Å²) in [4.78, 5) is 31.1. The molecule has 0 aliphatic carbocycles. The molecule has 0 unspecified atom stereocenters. The lowest BCUT2D eigenvalue weighted by Gasteiger charge is -2.34. The molecular formula is C20H29N5O3. The third-order valence-corrected chi connectivity index (χ3v) is 5.05. The Morgan fingerprint density at radius 2 is 2.18 bits per heavy atom. The Hall–Kier alpha value is -2.64. The van der Waals surface area contributed by atoms with E-state index in [0.29, 0.717) is 31.3 Å². The fraction of sp³-hybridized carbons (Fsp3) is 0.600. The number of aromatic nitrogens is 4. The molecule has 152 valence electrons. The zero-order chi connectivity index (χ0) is 20.1. The molecule has 1 saturated heterocycles. The number of H-pyrrole nitrogens is 1. The van der Waals surface area contributed by atoms with Gasteiger partial charge in [-0.15, -0.1) is 0 Å². The first kappa shape index (κ1) is 20.1. The quantitative estimate of drug-likeness (QED) is 0.738. The molecule has 2 aromatic heterocycles. The third-order valence-electron chi connectivity index (χ3n) is 5.05. The number of carbonyl (C=O) groups excluding carboxylic acids is 2. The second kappa shape index (κ2) is 9.03. The van der Waals surface area contributed by atoms with Crippen LogP contribution in [-0.4, -0.2) is 55.7 Å². The van der Waals surface area contributed by atoms with Crippen LogP contribution in [0.25, 0.3) is 0 Å². The van der Waals surface area contributed by atoms with Gasteiger partial charge in [-0.1, -0.05) is 13.8 Å². The number of nitrogens with one attached hydrogen (secondary N) is 1. The zero-order valence-corrected chi connectivity index (χ0v) is 16.9. The highest BCUT2D eigenvalue weighted by molar-refractivity contribution is 5.93. The molecule has 0 bridgehead atoms. The van der Waals surface area contributed by atoms with Crippen molar-refractivity contribution in [3.05, 3.63) is 35.7 Å². The first-order chi connectivity index (χ1) is 13.5. The van der Waals surface area contributed by atoms with Gasteiger partial charge in [0.1, 0.15) is 11.5 Å². The van der Waals surface area contributed by atoms with Crippen molar-refractivity contribution in [3.8, 4) is 0 Å². The van der Waals surface area contributed by atoms with E-state index in [1.807, 2.05) is 6.20 Å². The van der Waals surface area contributed by atoms with Crippen molar-refractivity contribution in [3.63, 3.8) is 0 Å². The molecule has 3 rings (SSSR count). The van der Waals surface area contributed by atoms with Crippen LogP contribution in [0.1, 0.15) is 74.4 Å². The minimum absolute atomic E-state index is 0.123. The van der Waals surface area contributed by atoms with E-state index in [0.717, 1.165) is 30.8 Å². The first-order valence-corrected chi connectivity index (χ1v) is 10.0. The Bertz CT molecular complexity index is 810. The Kier molecular flexibility index (Phi) is 6.49. The van der Waals surface area contributed by atoms with Gasteiger partial charge in [0.25, 0.3) is 5.91 Å². The van der Waals surface area contributed by atoms with Gasteiger partial charge in [0.2, 0.25) is 0 Å². The van der Waals surface area contributed by atoms with Crippen molar-refractivity contribution in [2.24, 2.45) is 0 Å². The number of likely N-dealkylation sites (tertiary alicyclic amines) is 1. The van der Waals surface area contributed by atoms with Crippen molar-refractivity contribution in [1.82, 2.24) is 24.6 Å². The van der Waals surface area contributed by atoms with E-state index in [-0.39, 0.29) is 24.3 Å². The molecule has 1 atom stereocenters. The van der Waals surface area contributed by atoms with Crippen molar-refractivity contribution in [1.29, 1.82) is 0 Å². The Balaban J connectivity index is 1.69. The Labute approximate surface area is 165 Å². The molecular weight excluding hydrogens is 358 g/mol. The first-order valence-electron chi connectivity index (χ1n) is 10.0. The van der Waals surface area contributed by atoms with E-state index >= 15 is 0 Å². The molecule has 8 heteroatoms. The minimum Gasteiger partial charge on any atom is -0.466 e. The highest BCUT2D eigenvalue weighted by Gasteiger charge is 2.30. The van der Waals surface area contributed by atoms with Gasteiger partial charge in [-0.3, -0.25) is 14.7 Å². The van der Waals surface area contributed by atoms with E-state index < -0.39 is 0 Å². The second-order valence-corrected chi connectivity index (χ2v) is 7.50. The summed E-state index contributed by atoms with van der Waals surface area (Å²) in [6, 6.07) is 1.67. The number of amides is 1. The van der Waals surface area contributed by atoms with Crippen molar-refractivity contribution >= 4 is 11.9 Å². The van der Waals surface area contributed by atoms with Crippen LogP contribution in [0, 0.1) is 0 Å². The molecule has 28 heavy (non-hydrogen) atoms. The van der Waals surface area contributed by atoms with Gasteiger partial charge >= 0.3 is 5.97 Å². The van der Waals surface area contributed by atoms with Gasteiger partial charge in [-0.2, -0.15) is 5.10 Å². The lowest BCUT2D eigenvalue weighted by molar-refractivity contribution is -0.144. The van der Waals surface area contributed by atoms with Crippen molar-refractivity contribution < 1.29 is 14.3 Å². The summed E-state index contributed by atoms with van der Waals surface area (Å²) in [7, 11) is 0. The maximum atomic E-state index is 13.0. The van der Waals surface area contributed by atoms with Crippen LogP contribution >= 0.6 is 0 Å². The van der Waals surface area contributed by atoms with Gasteiger partial charge in [-0.05, 0) is 32.3 Å². The van der Waals surface area contributed by atoms with E-state index in [4.69, 9.17) is 4.74 Å². The van der Waals surface area contributed by atoms with Gasteiger partial charge in [0.05, 0.1) is 25.3 Å². The molecule has 1 aliphatic heterocycles. The van der Waals surface area contributed by atoms with Crippen LogP contribution in [0.4, 0.5) is 0 Å². The number of carbonyl (C=O) groups is 2. The molecule has 0 saturated carbocycles. The largest absolute Gasteiger partial charge is 0.466 e. The van der Waals surface area contributed by atoms with Crippen LogP contribution < -0.4 is 0 Å². The molecule has 1 fully saturated rings. The summed E-state index contributed by atoms with van der Waals surface area (Å²) in [6.07, 6.45) is 6.72. The molecule has 2 aromatic rings. The summed E-state index contributed by atoms with van der Waals surface area (Å²) < 4.78 is 7.12. The van der Waals surface area contributed by atoms with Gasteiger partial charge in [-0.25, -0.2) is 4.98 Å². The van der Waals surface area contributed by atoms with E-state index in [9.17, 15) is 9.59 Å². The maximum absolute atomic E-state index is 13.0. The highest BCUT2D eigenvalue weighted by atomic mass is 16.5. The zero-order valence-electron chi connectivity index (χ0n) is 16.9. The summed E-state index contributed by atoms with van der Waals surface area (Å²) in [5.41, 5.74) is 1.24. The third kappa shape index (κ3) is 4.61. The van der Waals surface area contributed by atoms with Crippen LogP contribution in [0.5, 0.6) is 0 Å². The smallest absolute Gasteiger partial charge is 0.307 e. The molecule has 0 radical (unpaired) electrons. The van der Waals surface area contributed by atoms with Crippen LogP contribution in [0.3, 0.4) is 0 Å². The summed E-state index contributed by atoms with van der Waals surface area (Å²) in [5.74, 6) is 0.923. The summed E-state index contributed by atoms with van der Waals surface area (Å²) in [5, 5.41) is 7.20. The molecule has 0 aromatic carbocycles. The monoisotopic (exact) mass is 387 g/mol. The summed E-state index contributed by atoms with van der Waals surface area (Å²) >= 11 is 0. The normalized spacial score (nSPS) is 17.1. The van der Waals surface area contributed by atoms with Gasteiger partial charge in [0, 0.05) is 30.9 Å². The SMILES string of the molecule is CCOC(=O)C[C@H]1CCCCN1C(=O)c1cc(Cn2ccnc2C(C)C)[nH]n1. The number of rotatable bonds is 7. The predicted molar refractivity (Wildman–Crippen MR) is 104 cm³/mol. The van der Waals surface area contributed by atoms with E-state index in [2.05, 4.69) is 33.6 Å². The fourth-order valence-corrected chi connectivity index (χ4v) is 3.73. The number of piperidine rings is 1. The highest BCUT2D eigenvalue weighted by Crippen LogP contribution is 2.22. The number of imidazole rings is 1. The van der Waals surface area contributed by atoms with Crippen LogP contribution in [0.15, 0.2) is 18.5 Å². The lowest BCUT2D eigenvalue weighted by atomic mass is 9.99. The number of esters is 1. The average molecular weight is 387 g/mol. The molecule has 3 heterocycles. The number of hydrogen-bond acceptors (Lipinski definition) is 5. The Morgan fingerprint density at radius 3 is 2.93 bits per heavy atom. The summed E-state index contributed by atoms with van der Waals surface area (Å²) in [6.45, 7) is 7.57. The van der Waals surface area contributed by atoms with E-state index in [1.165, 1.54) is 0 Å². The minimum atomic E-state index is -0.253. The molecule has 1 amide bonds. The molecule has 1 aliphatic rings. The van der Waals surface area contributed by atoms with Gasteiger partial charge < -0.3 is 14.2 Å².